The summed E-state index contributed by atoms with van der Waals surface area (Å²) >= 11 is 0. The third-order valence-electron chi connectivity index (χ3n) is 1.66. The number of phenolic OH excluding ortho intramolecular Hbond substituents is 1. The van der Waals surface area contributed by atoms with Gasteiger partial charge < -0.3 is 15.6 Å². The topological polar surface area (TPSA) is 96.9 Å². The Balaban J connectivity index is 2.49. The van der Waals surface area contributed by atoms with E-state index in [1.165, 1.54) is 6.07 Å². The standard InChI is InChI=1S/C10H13N3O3/c1-7(12-13-10(11)15)6-16-9-5-3-2-4-8(9)14/h2-5,14H,6H2,1H3,(H3,11,13,15)/b12-7-. The summed E-state index contributed by atoms with van der Waals surface area (Å²) in [6.07, 6.45) is 0. The minimum atomic E-state index is -0.734. The van der Waals surface area contributed by atoms with Crippen LogP contribution in [0.4, 0.5) is 4.79 Å². The minimum Gasteiger partial charge on any atom is -0.504 e. The maximum absolute atomic E-state index is 10.4. The van der Waals surface area contributed by atoms with Crippen LogP contribution in [0.1, 0.15) is 6.92 Å². The average Bonchev–Trinajstić information content (AvgIpc) is 2.25. The van der Waals surface area contributed by atoms with Gasteiger partial charge in [0.25, 0.3) is 0 Å². The van der Waals surface area contributed by atoms with Gasteiger partial charge in [0.1, 0.15) is 6.61 Å². The number of para-hydroxylation sites is 2. The highest BCUT2D eigenvalue weighted by Gasteiger charge is 2.01. The van der Waals surface area contributed by atoms with Gasteiger partial charge in [0.05, 0.1) is 5.71 Å². The van der Waals surface area contributed by atoms with Crippen molar-refractivity contribution in [2.45, 2.75) is 6.92 Å². The number of hydrogen-bond donors (Lipinski definition) is 3. The number of hydrazone groups is 1. The van der Waals surface area contributed by atoms with Gasteiger partial charge in [0, 0.05) is 0 Å². The molecule has 0 aliphatic heterocycles. The summed E-state index contributed by atoms with van der Waals surface area (Å²) in [5.74, 6) is 0.411. The Morgan fingerprint density at radius 1 is 1.56 bits per heavy atom. The van der Waals surface area contributed by atoms with Crippen LogP contribution in [0.3, 0.4) is 0 Å². The lowest BCUT2D eigenvalue weighted by atomic mass is 10.3. The third-order valence-corrected chi connectivity index (χ3v) is 1.66. The van der Waals surface area contributed by atoms with E-state index in [4.69, 9.17) is 10.5 Å². The van der Waals surface area contributed by atoms with Crippen LogP contribution in [0.15, 0.2) is 29.4 Å². The summed E-state index contributed by atoms with van der Waals surface area (Å²) in [5, 5.41) is 13.0. The van der Waals surface area contributed by atoms with Crippen LogP contribution in [0.5, 0.6) is 11.5 Å². The first-order valence-corrected chi connectivity index (χ1v) is 4.59. The van der Waals surface area contributed by atoms with E-state index in [9.17, 15) is 9.90 Å². The quantitative estimate of drug-likeness (QED) is 0.520. The zero-order valence-electron chi connectivity index (χ0n) is 8.80. The Bertz CT molecular complexity index is 404. The molecule has 0 atom stereocenters. The summed E-state index contributed by atoms with van der Waals surface area (Å²) < 4.78 is 5.26. The number of aromatic hydroxyl groups is 1. The second kappa shape index (κ2) is 5.59. The van der Waals surface area contributed by atoms with Gasteiger partial charge in [-0.2, -0.15) is 5.10 Å². The molecule has 1 aromatic rings. The van der Waals surface area contributed by atoms with E-state index in [1.807, 2.05) is 0 Å². The molecule has 0 aliphatic rings. The second-order valence-electron chi connectivity index (χ2n) is 3.08. The zero-order chi connectivity index (χ0) is 12.0. The van der Waals surface area contributed by atoms with Crippen LogP contribution < -0.4 is 15.9 Å². The number of amides is 2. The van der Waals surface area contributed by atoms with Crippen molar-refractivity contribution in [1.29, 1.82) is 0 Å². The predicted octanol–water partition coefficient (Wildman–Crippen LogP) is 0.815. The molecule has 16 heavy (non-hydrogen) atoms. The van der Waals surface area contributed by atoms with Crippen molar-refractivity contribution < 1.29 is 14.6 Å². The molecule has 86 valence electrons. The molecular formula is C10H13N3O3. The smallest absolute Gasteiger partial charge is 0.332 e. The molecule has 2 amide bonds. The van der Waals surface area contributed by atoms with Gasteiger partial charge in [0.15, 0.2) is 11.5 Å². The maximum Gasteiger partial charge on any atom is 0.332 e. The van der Waals surface area contributed by atoms with Crippen molar-refractivity contribution in [3.8, 4) is 11.5 Å². The van der Waals surface area contributed by atoms with Gasteiger partial charge in [0.2, 0.25) is 0 Å². The molecule has 0 saturated heterocycles. The highest BCUT2D eigenvalue weighted by Crippen LogP contribution is 2.23. The molecular weight excluding hydrogens is 210 g/mol. The molecule has 0 aromatic heterocycles. The van der Waals surface area contributed by atoms with Crippen molar-refractivity contribution in [2.75, 3.05) is 6.61 Å². The fourth-order valence-corrected chi connectivity index (χ4v) is 0.944. The molecule has 4 N–H and O–H groups in total. The van der Waals surface area contributed by atoms with Crippen molar-refractivity contribution in [3.05, 3.63) is 24.3 Å². The molecule has 0 fully saturated rings. The molecule has 0 heterocycles. The van der Waals surface area contributed by atoms with Crippen LogP contribution in [-0.2, 0) is 0 Å². The first-order valence-electron chi connectivity index (χ1n) is 4.59. The number of rotatable bonds is 4. The van der Waals surface area contributed by atoms with Gasteiger partial charge in [-0.1, -0.05) is 12.1 Å². The number of phenols is 1. The number of nitrogens with zero attached hydrogens (tertiary/aromatic N) is 1. The molecule has 1 aromatic carbocycles. The fourth-order valence-electron chi connectivity index (χ4n) is 0.944. The van der Waals surface area contributed by atoms with Gasteiger partial charge >= 0.3 is 6.03 Å². The molecule has 0 saturated carbocycles. The van der Waals surface area contributed by atoms with Crippen LogP contribution in [0.25, 0.3) is 0 Å². The molecule has 0 radical (unpaired) electrons. The van der Waals surface area contributed by atoms with Crippen LogP contribution in [0.2, 0.25) is 0 Å². The van der Waals surface area contributed by atoms with Gasteiger partial charge in [-0.05, 0) is 19.1 Å². The minimum absolute atomic E-state index is 0.0539. The molecule has 1 rings (SSSR count). The Kier molecular flexibility index (Phi) is 4.14. The van der Waals surface area contributed by atoms with Crippen molar-refractivity contribution in [3.63, 3.8) is 0 Å². The molecule has 6 heteroatoms. The summed E-state index contributed by atoms with van der Waals surface area (Å²) in [6.45, 7) is 1.81. The van der Waals surface area contributed by atoms with Gasteiger partial charge in [-0.3, -0.25) is 0 Å². The van der Waals surface area contributed by atoms with E-state index >= 15 is 0 Å². The first kappa shape index (κ1) is 11.8. The van der Waals surface area contributed by atoms with Crippen LogP contribution in [-0.4, -0.2) is 23.5 Å². The molecule has 0 bridgehead atoms. The molecule has 0 aliphatic carbocycles. The summed E-state index contributed by atoms with van der Waals surface area (Å²) in [4.78, 5) is 10.4. The zero-order valence-corrected chi connectivity index (χ0v) is 8.80. The number of urea groups is 1. The summed E-state index contributed by atoms with van der Waals surface area (Å²) in [5.41, 5.74) is 7.44. The summed E-state index contributed by atoms with van der Waals surface area (Å²) in [6, 6.07) is 5.84. The van der Waals surface area contributed by atoms with Gasteiger partial charge in [-0.15, -0.1) is 0 Å². The Labute approximate surface area is 92.7 Å². The Hall–Kier alpha value is -2.24. The Morgan fingerprint density at radius 3 is 2.88 bits per heavy atom. The van der Waals surface area contributed by atoms with E-state index in [2.05, 4.69) is 10.5 Å². The normalized spacial score (nSPS) is 10.9. The maximum atomic E-state index is 10.4. The lowest BCUT2D eigenvalue weighted by molar-refractivity contribution is 0.249. The second-order valence-corrected chi connectivity index (χ2v) is 3.08. The SMILES string of the molecule is C/C(COc1ccccc1O)=N/NC(N)=O. The average molecular weight is 223 g/mol. The van der Waals surface area contributed by atoms with E-state index < -0.39 is 6.03 Å². The highest BCUT2D eigenvalue weighted by atomic mass is 16.5. The lowest BCUT2D eigenvalue weighted by Crippen LogP contribution is -2.26. The van der Waals surface area contributed by atoms with Crippen molar-refractivity contribution >= 4 is 11.7 Å². The number of benzene rings is 1. The van der Waals surface area contributed by atoms with E-state index in [0.717, 1.165) is 0 Å². The predicted molar refractivity (Wildman–Crippen MR) is 59.4 cm³/mol. The van der Waals surface area contributed by atoms with Crippen molar-refractivity contribution in [1.82, 2.24) is 5.43 Å². The monoisotopic (exact) mass is 223 g/mol. The first-order chi connectivity index (χ1) is 7.59. The number of primary amides is 1. The number of hydrogen-bond acceptors (Lipinski definition) is 4. The number of nitrogens with one attached hydrogen (secondary N) is 1. The Morgan fingerprint density at radius 2 is 2.25 bits per heavy atom. The molecule has 0 unspecified atom stereocenters. The number of nitrogens with two attached hydrogens (primary N) is 1. The van der Waals surface area contributed by atoms with Crippen LogP contribution in [0, 0.1) is 0 Å². The summed E-state index contributed by atoms with van der Waals surface area (Å²) in [7, 11) is 0. The number of ether oxygens (including phenoxy) is 1. The number of carbonyl (C=O) groups excluding carboxylic acids is 1. The molecule has 6 nitrogen and oxygen atoms in total. The molecule has 0 spiro atoms. The van der Waals surface area contributed by atoms with E-state index in [1.54, 1.807) is 25.1 Å². The van der Waals surface area contributed by atoms with E-state index in [-0.39, 0.29) is 12.4 Å². The lowest BCUT2D eigenvalue weighted by Gasteiger charge is -2.06. The van der Waals surface area contributed by atoms with Crippen LogP contribution >= 0.6 is 0 Å². The number of carbonyl (C=O) groups is 1. The van der Waals surface area contributed by atoms with Crippen molar-refractivity contribution in [2.24, 2.45) is 10.8 Å². The third kappa shape index (κ3) is 3.87. The van der Waals surface area contributed by atoms with Gasteiger partial charge in [-0.25, -0.2) is 10.2 Å². The van der Waals surface area contributed by atoms with E-state index in [0.29, 0.717) is 11.5 Å². The fraction of sp³-hybridized carbons (Fsp3) is 0.200. The highest BCUT2D eigenvalue weighted by molar-refractivity contribution is 5.84. The largest absolute Gasteiger partial charge is 0.504 e.